The van der Waals surface area contributed by atoms with E-state index in [1.807, 2.05) is 12.1 Å². The summed E-state index contributed by atoms with van der Waals surface area (Å²) in [6.07, 6.45) is -1.80. The van der Waals surface area contributed by atoms with Crippen molar-refractivity contribution < 1.29 is 23.7 Å². The van der Waals surface area contributed by atoms with E-state index in [1.54, 1.807) is 0 Å². The van der Waals surface area contributed by atoms with Crippen LogP contribution in [0.4, 0.5) is 0 Å². The Balaban J connectivity index is 1.22. The standard InChI is InChI=1S/C18H16O5/c19-14-15-13(21-18(23-15)17-16(14)22-17)9-20-8-10-5-6-11-3-1-2-4-12(11)7-10/h1-7,13,15-18H,8-9H2/t13-,15+,16+,17+,18+/m1/s1. The molecule has 0 spiro atoms. The molecule has 3 aliphatic rings. The Morgan fingerprint density at radius 3 is 2.74 bits per heavy atom. The molecule has 0 saturated carbocycles. The van der Waals surface area contributed by atoms with Crippen LogP contribution in [0.2, 0.25) is 0 Å². The van der Waals surface area contributed by atoms with Gasteiger partial charge in [-0.1, -0.05) is 36.4 Å². The van der Waals surface area contributed by atoms with E-state index >= 15 is 0 Å². The van der Waals surface area contributed by atoms with Gasteiger partial charge in [-0.05, 0) is 22.4 Å². The summed E-state index contributed by atoms with van der Waals surface area (Å²) < 4.78 is 22.3. The van der Waals surface area contributed by atoms with Crippen molar-refractivity contribution in [3.63, 3.8) is 0 Å². The van der Waals surface area contributed by atoms with Crippen LogP contribution in [-0.4, -0.2) is 43.1 Å². The van der Waals surface area contributed by atoms with Gasteiger partial charge in [-0.15, -0.1) is 0 Å². The van der Waals surface area contributed by atoms with Crippen molar-refractivity contribution in [3.05, 3.63) is 48.0 Å². The van der Waals surface area contributed by atoms with Gasteiger partial charge in [0.05, 0.1) is 13.2 Å². The van der Waals surface area contributed by atoms with E-state index in [0.29, 0.717) is 13.2 Å². The largest absolute Gasteiger partial charge is 0.374 e. The maximum atomic E-state index is 12.0. The normalized spacial score (nSPS) is 34.6. The number of rotatable bonds is 4. The molecule has 3 fully saturated rings. The lowest BCUT2D eigenvalue weighted by Crippen LogP contribution is -2.39. The van der Waals surface area contributed by atoms with E-state index < -0.39 is 12.4 Å². The highest BCUT2D eigenvalue weighted by atomic mass is 16.8. The number of epoxide rings is 1. The zero-order valence-corrected chi connectivity index (χ0v) is 12.4. The average Bonchev–Trinajstić information content (AvgIpc) is 3.30. The first-order valence-electron chi connectivity index (χ1n) is 7.85. The molecule has 3 aliphatic heterocycles. The molecule has 3 saturated heterocycles. The predicted molar refractivity (Wildman–Crippen MR) is 80.8 cm³/mol. The summed E-state index contributed by atoms with van der Waals surface area (Å²) in [6, 6.07) is 14.5. The number of fused-ring (bicyclic) bond motifs is 5. The van der Waals surface area contributed by atoms with E-state index in [1.165, 1.54) is 10.8 Å². The second-order valence-corrected chi connectivity index (χ2v) is 6.22. The van der Waals surface area contributed by atoms with E-state index in [4.69, 9.17) is 18.9 Å². The smallest absolute Gasteiger partial charge is 0.195 e. The number of carbonyl (C=O) groups excluding carboxylic acids is 1. The van der Waals surface area contributed by atoms with Crippen molar-refractivity contribution >= 4 is 16.6 Å². The minimum Gasteiger partial charge on any atom is -0.374 e. The van der Waals surface area contributed by atoms with Gasteiger partial charge in [0, 0.05) is 0 Å². The third-order valence-electron chi connectivity index (χ3n) is 4.65. The second-order valence-electron chi connectivity index (χ2n) is 6.22. The zero-order chi connectivity index (χ0) is 15.4. The topological polar surface area (TPSA) is 57.3 Å². The molecule has 0 aromatic heterocycles. The maximum Gasteiger partial charge on any atom is 0.195 e. The molecule has 0 amide bonds. The minimum absolute atomic E-state index is 0.0111. The number of ether oxygens (including phenoxy) is 4. The van der Waals surface area contributed by atoms with Crippen LogP contribution in [0.5, 0.6) is 0 Å². The number of benzene rings is 2. The van der Waals surface area contributed by atoms with Crippen molar-refractivity contribution in [1.82, 2.24) is 0 Å². The van der Waals surface area contributed by atoms with Gasteiger partial charge in [0.1, 0.15) is 12.2 Å². The number of ketones is 1. The summed E-state index contributed by atoms with van der Waals surface area (Å²) in [5.41, 5.74) is 1.10. The highest BCUT2D eigenvalue weighted by molar-refractivity contribution is 5.92. The summed E-state index contributed by atoms with van der Waals surface area (Å²) in [6.45, 7) is 0.832. The number of carbonyl (C=O) groups is 1. The average molecular weight is 312 g/mol. The van der Waals surface area contributed by atoms with Crippen molar-refractivity contribution in [1.29, 1.82) is 0 Å². The van der Waals surface area contributed by atoms with E-state index in [-0.39, 0.29) is 24.1 Å². The maximum absolute atomic E-state index is 12.0. The molecule has 5 heteroatoms. The van der Waals surface area contributed by atoms with Gasteiger partial charge >= 0.3 is 0 Å². The molecule has 2 aromatic carbocycles. The van der Waals surface area contributed by atoms with Gasteiger partial charge < -0.3 is 18.9 Å². The van der Waals surface area contributed by atoms with Gasteiger partial charge in [0.25, 0.3) is 0 Å². The van der Waals surface area contributed by atoms with Crippen molar-refractivity contribution in [2.24, 2.45) is 0 Å². The summed E-state index contributed by atoms with van der Waals surface area (Å²) in [5, 5.41) is 2.40. The predicted octanol–water partition coefficient (Wildman–Crippen LogP) is 1.82. The highest BCUT2D eigenvalue weighted by Crippen LogP contribution is 2.41. The van der Waals surface area contributed by atoms with Crippen molar-refractivity contribution in [3.8, 4) is 0 Å². The lowest BCUT2D eigenvalue weighted by Gasteiger charge is -2.15. The molecule has 2 aromatic rings. The number of Topliss-reactive ketones (excluding diaryl/α,β-unsaturated/α-hetero) is 1. The lowest BCUT2D eigenvalue weighted by molar-refractivity contribution is -0.136. The number of hydrogen-bond acceptors (Lipinski definition) is 5. The highest BCUT2D eigenvalue weighted by Gasteiger charge is 2.64. The first kappa shape index (κ1) is 13.6. The molecule has 0 N–H and O–H groups in total. The monoisotopic (exact) mass is 312 g/mol. The van der Waals surface area contributed by atoms with Crippen LogP contribution in [0, 0.1) is 0 Å². The van der Waals surface area contributed by atoms with Crippen LogP contribution in [0.25, 0.3) is 10.8 Å². The molecule has 118 valence electrons. The lowest BCUT2D eigenvalue weighted by atomic mass is 10.0. The molecule has 0 unspecified atom stereocenters. The van der Waals surface area contributed by atoms with Crippen LogP contribution >= 0.6 is 0 Å². The first-order valence-corrected chi connectivity index (χ1v) is 7.85. The molecule has 2 bridgehead atoms. The molecule has 0 radical (unpaired) electrons. The molecule has 23 heavy (non-hydrogen) atoms. The first-order chi connectivity index (χ1) is 11.3. The van der Waals surface area contributed by atoms with Crippen LogP contribution in [0.15, 0.2) is 42.5 Å². The van der Waals surface area contributed by atoms with Gasteiger partial charge in [0.15, 0.2) is 24.3 Å². The summed E-state index contributed by atoms with van der Waals surface area (Å²) in [4.78, 5) is 12.0. The van der Waals surface area contributed by atoms with Crippen molar-refractivity contribution in [2.45, 2.75) is 37.3 Å². The minimum atomic E-state index is -0.541. The fraction of sp³-hybridized carbons (Fsp3) is 0.389. The molecular weight excluding hydrogens is 296 g/mol. The van der Waals surface area contributed by atoms with Crippen LogP contribution in [0.3, 0.4) is 0 Å². The Morgan fingerprint density at radius 1 is 0.957 bits per heavy atom. The van der Waals surface area contributed by atoms with Crippen LogP contribution < -0.4 is 0 Å². The van der Waals surface area contributed by atoms with Gasteiger partial charge in [-0.3, -0.25) is 4.79 Å². The molecule has 5 atom stereocenters. The molecule has 5 nitrogen and oxygen atoms in total. The summed E-state index contributed by atoms with van der Waals surface area (Å²) in [7, 11) is 0. The number of hydrogen-bond donors (Lipinski definition) is 0. The third kappa shape index (κ3) is 2.28. The quantitative estimate of drug-likeness (QED) is 0.806. The van der Waals surface area contributed by atoms with Gasteiger partial charge in [-0.2, -0.15) is 0 Å². The van der Waals surface area contributed by atoms with E-state index in [2.05, 4.69) is 30.3 Å². The molecule has 5 rings (SSSR count). The van der Waals surface area contributed by atoms with Crippen molar-refractivity contribution in [2.75, 3.05) is 6.61 Å². The third-order valence-corrected chi connectivity index (χ3v) is 4.65. The van der Waals surface area contributed by atoms with Crippen LogP contribution in [0.1, 0.15) is 5.56 Å². The fourth-order valence-electron chi connectivity index (χ4n) is 3.38. The van der Waals surface area contributed by atoms with Crippen LogP contribution in [-0.2, 0) is 30.3 Å². The van der Waals surface area contributed by atoms with E-state index in [0.717, 1.165) is 5.56 Å². The summed E-state index contributed by atoms with van der Waals surface area (Å²) in [5.74, 6) is -0.0111. The van der Waals surface area contributed by atoms with Gasteiger partial charge in [-0.25, -0.2) is 0 Å². The Hall–Kier alpha value is -1.79. The van der Waals surface area contributed by atoms with E-state index in [9.17, 15) is 4.79 Å². The summed E-state index contributed by atoms with van der Waals surface area (Å²) >= 11 is 0. The molecule has 3 heterocycles. The fourth-order valence-corrected chi connectivity index (χ4v) is 3.38. The Kier molecular flexibility index (Phi) is 3.03. The SMILES string of the molecule is O=C1[C@H]2O[C@H](O[C@@H]2COCc2ccc3ccccc3c2)[C@H]2O[C@@H]12. The Bertz CT molecular complexity index is 773. The van der Waals surface area contributed by atoms with Gasteiger partial charge in [0.2, 0.25) is 0 Å². The Labute approximate surface area is 133 Å². The molecular formula is C18H16O5. The zero-order valence-electron chi connectivity index (χ0n) is 12.4. The molecule has 0 aliphatic carbocycles. The second kappa shape index (κ2) is 5.11. The Morgan fingerprint density at radius 2 is 1.83 bits per heavy atom.